The highest BCUT2D eigenvalue weighted by molar-refractivity contribution is 5.79. The maximum atomic E-state index is 5.53. The molecule has 1 aliphatic rings. The molecule has 0 saturated carbocycles. The van der Waals surface area contributed by atoms with Crippen LogP contribution >= 0.6 is 0 Å². The SMILES string of the molecule is CN=C(NCCOCCOC)NCCc1ccc2c(c1)CCO2. The van der Waals surface area contributed by atoms with E-state index in [1.165, 1.54) is 11.1 Å². The normalized spacial score (nSPS) is 13.6. The first kappa shape index (κ1) is 17.6. The maximum Gasteiger partial charge on any atom is 0.191 e. The molecule has 6 nitrogen and oxygen atoms in total. The Balaban J connectivity index is 1.62. The molecule has 0 bridgehead atoms. The molecule has 2 rings (SSSR count). The van der Waals surface area contributed by atoms with Crippen LogP contribution in [0.3, 0.4) is 0 Å². The third kappa shape index (κ3) is 6.08. The van der Waals surface area contributed by atoms with Crippen LogP contribution < -0.4 is 15.4 Å². The molecular formula is C17H27N3O3. The number of methoxy groups -OCH3 is 1. The second-order valence-electron chi connectivity index (χ2n) is 5.32. The van der Waals surface area contributed by atoms with Crippen molar-refractivity contribution in [1.82, 2.24) is 10.6 Å². The van der Waals surface area contributed by atoms with Gasteiger partial charge in [0.2, 0.25) is 0 Å². The lowest BCUT2D eigenvalue weighted by Crippen LogP contribution is -2.39. The maximum absolute atomic E-state index is 5.53. The van der Waals surface area contributed by atoms with Crippen molar-refractivity contribution in [3.63, 3.8) is 0 Å². The van der Waals surface area contributed by atoms with Gasteiger partial charge in [0.05, 0.1) is 26.4 Å². The van der Waals surface area contributed by atoms with E-state index in [2.05, 4.69) is 33.8 Å². The summed E-state index contributed by atoms with van der Waals surface area (Å²) < 4.78 is 15.9. The molecule has 128 valence electrons. The van der Waals surface area contributed by atoms with Gasteiger partial charge in [-0.25, -0.2) is 0 Å². The van der Waals surface area contributed by atoms with Gasteiger partial charge >= 0.3 is 0 Å². The summed E-state index contributed by atoms with van der Waals surface area (Å²) in [6.07, 6.45) is 1.97. The van der Waals surface area contributed by atoms with Crippen LogP contribution in [0.5, 0.6) is 5.75 Å². The van der Waals surface area contributed by atoms with E-state index < -0.39 is 0 Å². The quantitative estimate of drug-likeness (QED) is 0.403. The van der Waals surface area contributed by atoms with Gasteiger partial charge in [0.1, 0.15) is 5.75 Å². The first-order chi connectivity index (χ1) is 11.3. The fourth-order valence-electron chi connectivity index (χ4n) is 2.43. The minimum absolute atomic E-state index is 0.617. The van der Waals surface area contributed by atoms with Crippen molar-refractivity contribution >= 4 is 5.96 Å². The van der Waals surface area contributed by atoms with Crippen molar-refractivity contribution in [2.75, 3.05) is 53.7 Å². The fraction of sp³-hybridized carbons (Fsp3) is 0.588. The van der Waals surface area contributed by atoms with E-state index in [9.17, 15) is 0 Å². The number of rotatable bonds is 9. The number of fused-ring (bicyclic) bond motifs is 1. The number of nitrogens with one attached hydrogen (secondary N) is 2. The van der Waals surface area contributed by atoms with Crippen molar-refractivity contribution in [3.05, 3.63) is 29.3 Å². The molecule has 0 aliphatic carbocycles. The lowest BCUT2D eigenvalue weighted by Gasteiger charge is -2.12. The monoisotopic (exact) mass is 321 g/mol. The Hall–Kier alpha value is -1.79. The molecular weight excluding hydrogens is 294 g/mol. The van der Waals surface area contributed by atoms with Gasteiger partial charge in [0.25, 0.3) is 0 Å². The molecule has 6 heteroatoms. The summed E-state index contributed by atoms with van der Waals surface area (Å²) in [5.41, 5.74) is 2.64. The van der Waals surface area contributed by atoms with E-state index in [4.69, 9.17) is 14.2 Å². The molecule has 0 radical (unpaired) electrons. The third-order valence-corrected chi connectivity index (χ3v) is 3.65. The molecule has 1 aromatic rings. The summed E-state index contributed by atoms with van der Waals surface area (Å²) in [5, 5.41) is 6.54. The van der Waals surface area contributed by atoms with Gasteiger partial charge in [-0.2, -0.15) is 0 Å². The number of hydrogen-bond acceptors (Lipinski definition) is 4. The van der Waals surface area contributed by atoms with Crippen LogP contribution in [0.25, 0.3) is 0 Å². The molecule has 0 saturated heterocycles. The molecule has 2 N–H and O–H groups in total. The van der Waals surface area contributed by atoms with Crippen LogP contribution in [0.4, 0.5) is 0 Å². The molecule has 0 fully saturated rings. The lowest BCUT2D eigenvalue weighted by atomic mass is 10.1. The highest BCUT2D eigenvalue weighted by atomic mass is 16.5. The van der Waals surface area contributed by atoms with Crippen LogP contribution in [-0.4, -0.2) is 59.6 Å². The van der Waals surface area contributed by atoms with E-state index >= 15 is 0 Å². The van der Waals surface area contributed by atoms with Gasteiger partial charge in [0, 0.05) is 33.7 Å². The first-order valence-corrected chi connectivity index (χ1v) is 8.09. The van der Waals surface area contributed by atoms with Crippen molar-refractivity contribution in [3.8, 4) is 5.75 Å². The standard InChI is InChI=1S/C17H27N3O3/c1-18-17(20-8-10-22-12-11-21-2)19-7-5-14-3-4-16-15(13-14)6-9-23-16/h3-4,13H,5-12H2,1-2H3,(H2,18,19,20). The van der Waals surface area contributed by atoms with Gasteiger partial charge in [0.15, 0.2) is 5.96 Å². The zero-order chi connectivity index (χ0) is 16.3. The number of guanidine groups is 1. The molecule has 0 spiro atoms. The number of nitrogens with zero attached hydrogens (tertiary/aromatic N) is 1. The summed E-state index contributed by atoms with van der Waals surface area (Å²) >= 11 is 0. The van der Waals surface area contributed by atoms with Crippen LogP contribution in [0.1, 0.15) is 11.1 Å². The largest absolute Gasteiger partial charge is 0.493 e. The van der Waals surface area contributed by atoms with E-state index in [1.54, 1.807) is 14.2 Å². The molecule has 0 amide bonds. The summed E-state index contributed by atoms with van der Waals surface area (Å²) in [5.74, 6) is 1.83. The number of benzene rings is 1. The van der Waals surface area contributed by atoms with Crippen LogP contribution in [-0.2, 0) is 22.3 Å². The average molecular weight is 321 g/mol. The Kier molecular flexibility index (Phi) is 7.69. The van der Waals surface area contributed by atoms with Crippen molar-refractivity contribution in [2.24, 2.45) is 4.99 Å². The predicted octanol–water partition coefficient (Wildman–Crippen LogP) is 0.992. The van der Waals surface area contributed by atoms with Gasteiger partial charge < -0.3 is 24.8 Å². The first-order valence-electron chi connectivity index (χ1n) is 8.09. The summed E-state index contributed by atoms with van der Waals surface area (Å²) in [6, 6.07) is 6.44. The van der Waals surface area contributed by atoms with Gasteiger partial charge in [-0.05, 0) is 23.6 Å². The topological polar surface area (TPSA) is 64.1 Å². The van der Waals surface area contributed by atoms with Crippen molar-refractivity contribution < 1.29 is 14.2 Å². The zero-order valence-corrected chi connectivity index (χ0v) is 14.1. The van der Waals surface area contributed by atoms with Gasteiger partial charge in [-0.15, -0.1) is 0 Å². The van der Waals surface area contributed by atoms with E-state index in [0.29, 0.717) is 19.8 Å². The van der Waals surface area contributed by atoms with Gasteiger partial charge in [-0.3, -0.25) is 4.99 Å². The molecule has 1 aromatic carbocycles. The zero-order valence-electron chi connectivity index (χ0n) is 14.1. The Morgan fingerprint density at radius 2 is 2.09 bits per heavy atom. The molecule has 1 aliphatic heterocycles. The Morgan fingerprint density at radius 1 is 1.22 bits per heavy atom. The summed E-state index contributed by atoms with van der Waals surface area (Å²) in [4.78, 5) is 4.21. The van der Waals surface area contributed by atoms with E-state index in [0.717, 1.165) is 44.2 Å². The second-order valence-corrected chi connectivity index (χ2v) is 5.32. The Morgan fingerprint density at radius 3 is 2.91 bits per heavy atom. The number of aliphatic imine (C=N–C) groups is 1. The van der Waals surface area contributed by atoms with Crippen molar-refractivity contribution in [2.45, 2.75) is 12.8 Å². The van der Waals surface area contributed by atoms with E-state index in [-0.39, 0.29) is 0 Å². The molecule has 0 atom stereocenters. The van der Waals surface area contributed by atoms with Crippen LogP contribution in [0.2, 0.25) is 0 Å². The van der Waals surface area contributed by atoms with Crippen LogP contribution in [0, 0.1) is 0 Å². The molecule has 0 unspecified atom stereocenters. The molecule has 0 aromatic heterocycles. The average Bonchev–Trinajstić information content (AvgIpc) is 3.04. The number of hydrogen-bond donors (Lipinski definition) is 2. The Bertz CT molecular complexity index is 506. The third-order valence-electron chi connectivity index (χ3n) is 3.65. The highest BCUT2D eigenvalue weighted by Crippen LogP contribution is 2.25. The highest BCUT2D eigenvalue weighted by Gasteiger charge is 2.11. The minimum atomic E-state index is 0.617. The van der Waals surface area contributed by atoms with E-state index in [1.807, 2.05) is 0 Å². The lowest BCUT2D eigenvalue weighted by molar-refractivity contribution is 0.0733. The number of ether oxygens (including phenoxy) is 3. The minimum Gasteiger partial charge on any atom is -0.493 e. The van der Waals surface area contributed by atoms with Crippen molar-refractivity contribution in [1.29, 1.82) is 0 Å². The summed E-state index contributed by atoms with van der Waals surface area (Å²) in [7, 11) is 3.44. The Labute approximate surface area is 138 Å². The van der Waals surface area contributed by atoms with Crippen LogP contribution in [0.15, 0.2) is 23.2 Å². The fourth-order valence-corrected chi connectivity index (χ4v) is 2.43. The summed E-state index contributed by atoms with van der Waals surface area (Å²) in [6.45, 7) is 4.24. The second kappa shape index (κ2) is 10.1. The van der Waals surface area contributed by atoms with Gasteiger partial charge in [-0.1, -0.05) is 12.1 Å². The molecule has 1 heterocycles. The smallest absolute Gasteiger partial charge is 0.191 e. The predicted molar refractivity (Wildman–Crippen MR) is 91.4 cm³/mol. The molecule has 23 heavy (non-hydrogen) atoms.